The molecule has 0 aliphatic heterocycles. The van der Waals surface area contributed by atoms with Crippen molar-refractivity contribution in [2.75, 3.05) is 12.4 Å². The molecule has 6 nitrogen and oxygen atoms in total. The topological polar surface area (TPSA) is 69.0 Å². The highest BCUT2D eigenvalue weighted by molar-refractivity contribution is 5.92. The number of carbonyl (C=O) groups is 1. The maximum absolute atomic E-state index is 12.7. The van der Waals surface area contributed by atoms with E-state index in [-0.39, 0.29) is 11.8 Å². The van der Waals surface area contributed by atoms with Gasteiger partial charge in [0.25, 0.3) is 0 Å². The van der Waals surface area contributed by atoms with Gasteiger partial charge in [0.05, 0.1) is 12.8 Å². The molecule has 1 aliphatic rings. The van der Waals surface area contributed by atoms with Crippen LogP contribution in [0.25, 0.3) is 16.7 Å². The molecule has 3 aromatic rings. The fraction of sp³-hybridized carbons (Fsp3) is 0.409. The predicted octanol–water partition coefficient (Wildman–Crippen LogP) is 4.56. The van der Waals surface area contributed by atoms with Crippen LogP contribution >= 0.6 is 0 Å². The molecule has 0 spiro atoms. The van der Waals surface area contributed by atoms with E-state index in [0.717, 1.165) is 53.6 Å². The Morgan fingerprint density at radius 2 is 1.96 bits per heavy atom. The molecule has 1 amide bonds. The second-order valence-corrected chi connectivity index (χ2v) is 7.56. The van der Waals surface area contributed by atoms with Crippen molar-refractivity contribution in [3.05, 3.63) is 41.6 Å². The van der Waals surface area contributed by atoms with Crippen LogP contribution in [0.4, 0.5) is 5.82 Å². The minimum absolute atomic E-state index is 0.0796. The van der Waals surface area contributed by atoms with E-state index in [0.29, 0.717) is 11.6 Å². The zero-order valence-electron chi connectivity index (χ0n) is 16.7. The quantitative estimate of drug-likeness (QED) is 0.722. The van der Waals surface area contributed by atoms with Crippen LogP contribution in [0.1, 0.15) is 43.4 Å². The van der Waals surface area contributed by atoms with Gasteiger partial charge in [-0.05, 0) is 44.4 Å². The van der Waals surface area contributed by atoms with Crippen molar-refractivity contribution in [1.29, 1.82) is 0 Å². The number of para-hydroxylation sites is 1. The van der Waals surface area contributed by atoms with Crippen molar-refractivity contribution in [3.8, 4) is 11.6 Å². The average Bonchev–Trinajstić information content (AvgIpc) is 3.08. The number of amides is 1. The molecular weight excluding hydrogens is 352 g/mol. The maximum atomic E-state index is 12.7. The molecule has 0 atom stereocenters. The molecule has 2 aromatic heterocycles. The van der Waals surface area contributed by atoms with Gasteiger partial charge in [-0.15, -0.1) is 0 Å². The third-order valence-electron chi connectivity index (χ3n) is 5.49. The second-order valence-electron chi connectivity index (χ2n) is 7.56. The number of ether oxygens (including phenoxy) is 1. The van der Waals surface area contributed by atoms with Gasteiger partial charge in [0.2, 0.25) is 5.91 Å². The molecule has 146 valence electrons. The number of carbonyl (C=O) groups excluding carboxylic acids is 1. The summed E-state index contributed by atoms with van der Waals surface area (Å²) in [5, 5.41) is 8.71. The number of aromatic nitrogens is 3. The highest BCUT2D eigenvalue weighted by Crippen LogP contribution is 2.29. The zero-order chi connectivity index (χ0) is 19.7. The molecule has 0 bridgehead atoms. The summed E-state index contributed by atoms with van der Waals surface area (Å²) < 4.78 is 7.21. The number of anilines is 1. The Morgan fingerprint density at radius 1 is 1.18 bits per heavy atom. The van der Waals surface area contributed by atoms with E-state index in [2.05, 4.69) is 10.4 Å². The van der Waals surface area contributed by atoms with Gasteiger partial charge in [-0.3, -0.25) is 4.79 Å². The van der Waals surface area contributed by atoms with Crippen LogP contribution in [0.2, 0.25) is 0 Å². The van der Waals surface area contributed by atoms with Crippen molar-refractivity contribution in [2.45, 2.75) is 46.0 Å². The van der Waals surface area contributed by atoms with E-state index in [1.165, 1.54) is 6.42 Å². The van der Waals surface area contributed by atoms with Gasteiger partial charge >= 0.3 is 0 Å². The summed E-state index contributed by atoms with van der Waals surface area (Å²) in [7, 11) is 1.65. The Balaban J connectivity index is 1.72. The van der Waals surface area contributed by atoms with E-state index >= 15 is 0 Å². The predicted molar refractivity (Wildman–Crippen MR) is 110 cm³/mol. The molecule has 1 N–H and O–H groups in total. The van der Waals surface area contributed by atoms with Crippen LogP contribution in [-0.4, -0.2) is 27.8 Å². The fourth-order valence-electron chi connectivity index (χ4n) is 4.00. The molecule has 1 fully saturated rings. The number of hydrogen-bond donors (Lipinski definition) is 1. The smallest absolute Gasteiger partial charge is 0.228 e. The fourth-order valence-corrected chi connectivity index (χ4v) is 4.00. The number of nitrogens with zero attached hydrogens (tertiary/aromatic N) is 3. The summed E-state index contributed by atoms with van der Waals surface area (Å²) in [5.74, 6) is 2.22. The monoisotopic (exact) mass is 378 g/mol. The number of rotatable bonds is 4. The lowest BCUT2D eigenvalue weighted by atomic mass is 9.89. The second kappa shape index (κ2) is 7.62. The minimum atomic E-state index is 0.0796. The summed E-state index contributed by atoms with van der Waals surface area (Å²) in [4.78, 5) is 17.5. The first-order valence-corrected chi connectivity index (χ1v) is 9.89. The SMILES string of the molecule is COc1cccc2c(C)cc(-n3nc(C)cc3NC(=O)C3CCCCC3)nc12. The summed E-state index contributed by atoms with van der Waals surface area (Å²) >= 11 is 0. The number of fused-ring (bicyclic) bond motifs is 1. The van der Waals surface area contributed by atoms with Crippen molar-refractivity contribution >= 4 is 22.6 Å². The van der Waals surface area contributed by atoms with Gasteiger partial charge in [-0.2, -0.15) is 9.78 Å². The lowest BCUT2D eigenvalue weighted by molar-refractivity contribution is -0.120. The normalized spacial score (nSPS) is 15.0. The molecule has 4 rings (SSSR count). The maximum Gasteiger partial charge on any atom is 0.228 e. The van der Waals surface area contributed by atoms with Gasteiger partial charge < -0.3 is 10.1 Å². The Labute approximate surface area is 164 Å². The van der Waals surface area contributed by atoms with Gasteiger partial charge in [-0.1, -0.05) is 31.4 Å². The summed E-state index contributed by atoms with van der Waals surface area (Å²) in [6.07, 6.45) is 5.40. The van der Waals surface area contributed by atoms with E-state index in [1.807, 2.05) is 44.2 Å². The van der Waals surface area contributed by atoms with Crippen molar-refractivity contribution in [2.24, 2.45) is 5.92 Å². The summed E-state index contributed by atoms with van der Waals surface area (Å²) in [5.41, 5.74) is 2.70. The molecule has 0 radical (unpaired) electrons. The molecule has 1 saturated carbocycles. The number of methoxy groups -OCH3 is 1. The van der Waals surface area contributed by atoms with E-state index in [9.17, 15) is 4.79 Å². The Kier molecular flexibility index (Phi) is 5.03. The lowest BCUT2D eigenvalue weighted by Crippen LogP contribution is -2.26. The highest BCUT2D eigenvalue weighted by atomic mass is 16.5. The molecular formula is C22H26N4O2. The van der Waals surface area contributed by atoms with E-state index in [1.54, 1.807) is 11.8 Å². The third-order valence-corrected chi connectivity index (χ3v) is 5.49. The van der Waals surface area contributed by atoms with Crippen LogP contribution in [0.3, 0.4) is 0 Å². The molecule has 28 heavy (non-hydrogen) atoms. The molecule has 2 heterocycles. The largest absolute Gasteiger partial charge is 0.494 e. The first-order valence-electron chi connectivity index (χ1n) is 9.89. The summed E-state index contributed by atoms with van der Waals surface area (Å²) in [6.45, 7) is 3.96. The molecule has 1 aliphatic carbocycles. The van der Waals surface area contributed by atoms with Crippen LogP contribution in [0.5, 0.6) is 5.75 Å². The number of aryl methyl sites for hydroxylation is 2. The molecule has 1 aromatic carbocycles. The standard InChI is InChI=1S/C22H26N4O2/c1-14-12-19(23-21-17(14)10-7-11-18(21)28-3)26-20(13-15(2)25-26)24-22(27)16-8-5-4-6-9-16/h7,10-13,16H,4-6,8-9H2,1-3H3,(H,24,27). The molecule has 0 unspecified atom stereocenters. The van der Waals surface area contributed by atoms with Crippen LogP contribution in [0.15, 0.2) is 30.3 Å². The molecule has 0 saturated heterocycles. The molecule has 6 heteroatoms. The number of pyridine rings is 1. The summed E-state index contributed by atoms with van der Waals surface area (Å²) in [6, 6.07) is 9.78. The van der Waals surface area contributed by atoms with E-state index in [4.69, 9.17) is 9.72 Å². The number of nitrogens with one attached hydrogen (secondary N) is 1. The highest BCUT2D eigenvalue weighted by Gasteiger charge is 2.23. The van der Waals surface area contributed by atoms with Crippen LogP contribution in [-0.2, 0) is 4.79 Å². The van der Waals surface area contributed by atoms with Crippen molar-refractivity contribution in [1.82, 2.24) is 14.8 Å². The van der Waals surface area contributed by atoms with Crippen molar-refractivity contribution in [3.63, 3.8) is 0 Å². The van der Waals surface area contributed by atoms with Gasteiger partial charge in [0.15, 0.2) is 5.82 Å². The number of hydrogen-bond acceptors (Lipinski definition) is 4. The first-order chi connectivity index (χ1) is 13.6. The van der Waals surface area contributed by atoms with E-state index < -0.39 is 0 Å². The van der Waals surface area contributed by atoms with Gasteiger partial charge in [-0.25, -0.2) is 4.98 Å². The van der Waals surface area contributed by atoms with Gasteiger partial charge in [0.1, 0.15) is 17.1 Å². The first kappa shape index (κ1) is 18.5. The zero-order valence-corrected chi connectivity index (χ0v) is 16.7. The van der Waals surface area contributed by atoms with Crippen LogP contribution < -0.4 is 10.1 Å². The van der Waals surface area contributed by atoms with Crippen LogP contribution in [0, 0.1) is 19.8 Å². The Bertz CT molecular complexity index is 1020. The third kappa shape index (κ3) is 3.46. The minimum Gasteiger partial charge on any atom is -0.494 e. The number of benzene rings is 1. The lowest BCUT2D eigenvalue weighted by Gasteiger charge is -2.21. The Hall–Kier alpha value is -2.89. The Morgan fingerprint density at radius 3 is 2.71 bits per heavy atom. The van der Waals surface area contributed by atoms with Gasteiger partial charge in [0, 0.05) is 17.4 Å². The van der Waals surface area contributed by atoms with Crippen molar-refractivity contribution < 1.29 is 9.53 Å². The average molecular weight is 378 g/mol.